The van der Waals surface area contributed by atoms with Gasteiger partial charge in [-0.25, -0.2) is 4.98 Å². The highest BCUT2D eigenvalue weighted by Crippen LogP contribution is 2.25. The lowest BCUT2D eigenvalue weighted by atomic mass is 10.0. The fraction of sp³-hybridized carbons (Fsp3) is 0.375. The van der Waals surface area contributed by atoms with Gasteiger partial charge in [-0.15, -0.1) is 11.3 Å². The Bertz CT molecular complexity index is 597. The van der Waals surface area contributed by atoms with E-state index in [4.69, 9.17) is 10.4 Å². The molecule has 1 atom stereocenters. The lowest BCUT2D eigenvalue weighted by Gasteiger charge is -2.10. The molecule has 4 nitrogen and oxygen atoms in total. The van der Waals surface area contributed by atoms with Crippen LogP contribution in [0.25, 0.3) is 11.3 Å². The average Bonchev–Trinajstić information content (AvgIpc) is 3.00. The molecular formula is C16H19N3OS. The third kappa shape index (κ3) is 4.28. The van der Waals surface area contributed by atoms with Gasteiger partial charge in [0.05, 0.1) is 17.3 Å². The maximum atomic E-state index is 9.16. The molecular weight excluding hydrogens is 282 g/mol. The molecule has 1 unspecified atom stereocenters. The summed E-state index contributed by atoms with van der Waals surface area (Å²) in [4.78, 5) is 4.55. The van der Waals surface area contributed by atoms with Crippen LogP contribution in [-0.2, 0) is 0 Å². The summed E-state index contributed by atoms with van der Waals surface area (Å²) < 4.78 is 0. The number of nitriles is 1. The van der Waals surface area contributed by atoms with Crippen molar-refractivity contribution in [3.05, 3.63) is 35.2 Å². The van der Waals surface area contributed by atoms with Crippen LogP contribution in [0.15, 0.2) is 29.6 Å². The average molecular weight is 301 g/mol. The Labute approximate surface area is 129 Å². The largest absolute Gasteiger partial charge is 0.396 e. The van der Waals surface area contributed by atoms with Crippen molar-refractivity contribution in [1.82, 2.24) is 4.98 Å². The van der Waals surface area contributed by atoms with Gasteiger partial charge in [-0.05, 0) is 24.5 Å². The van der Waals surface area contributed by atoms with Crippen molar-refractivity contribution < 1.29 is 5.11 Å². The number of hydrogen-bond acceptors (Lipinski definition) is 5. The maximum absolute atomic E-state index is 9.16. The summed E-state index contributed by atoms with van der Waals surface area (Å²) in [5, 5.41) is 24.1. The van der Waals surface area contributed by atoms with Crippen molar-refractivity contribution in [2.75, 3.05) is 18.5 Å². The van der Waals surface area contributed by atoms with Gasteiger partial charge >= 0.3 is 0 Å². The van der Waals surface area contributed by atoms with Crippen LogP contribution in [0, 0.1) is 17.2 Å². The maximum Gasteiger partial charge on any atom is 0.183 e. The van der Waals surface area contributed by atoms with E-state index >= 15 is 0 Å². The van der Waals surface area contributed by atoms with Gasteiger partial charge in [-0.3, -0.25) is 0 Å². The Morgan fingerprint density at radius 2 is 2.14 bits per heavy atom. The van der Waals surface area contributed by atoms with Crippen LogP contribution >= 0.6 is 11.3 Å². The second-order valence-corrected chi connectivity index (χ2v) is 5.76. The number of aliphatic hydroxyl groups is 1. The minimum atomic E-state index is 0.243. The van der Waals surface area contributed by atoms with E-state index in [1.807, 2.05) is 17.5 Å². The summed E-state index contributed by atoms with van der Waals surface area (Å²) in [5.74, 6) is 0.357. The number of anilines is 1. The van der Waals surface area contributed by atoms with Gasteiger partial charge in [0, 0.05) is 24.1 Å². The monoisotopic (exact) mass is 301 g/mol. The lowest BCUT2D eigenvalue weighted by molar-refractivity contribution is 0.217. The zero-order chi connectivity index (χ0) is 15.1. The highest BCUT2D eigenvalue weighted by Gasteiger charge is 2.07. The third-order valence-electron chi connectivity index (χ3n) is 3.48. The normalized spacial score (nSPS) is 11.9. The number of thiazole rings is 1. The molecule has 21 heavy (non-hydrogen) atoms. The van der Waals surface area contributed by atoms with Crippen LogP contribution in [0.2, 0.25) is 0 Å². The van der Waals surface area contributed by atoms with Crippen molar-refractivity contribution >= 4 is 16.5 Å². The molecule has 2 aromatic rings. The number of aliphatic hydroxyl groups excluding tert-OH is 1. The summed E-state index contributed by atoms with van der Waals surface area (Å²) >= 11 is 1.57. The van der Waals surface area contributed by atoms with E-state index in [0.717, 1.165) is 35.8 Å². The lowest BCUT2D eigenvalue weighted by Crippen LogP contribution is -2.11. The first-order valence-corrected chi connectivity index (χ1v) is 7.95. The van der Waals surface area contributed by atoms with Gasteiger partial charge in [0.1, 0.15) is 0 Å². The highest BCUT2D eigenvalue weighted by molar-refractivity contribution is 7.14. The van der Waals surface area contributed by atoms with E-state index in [-0.39, 0.29) is 6.61 Å². The van der Waals surface area contributed by atoms with Gasteiger partial charge in [-0.2, -0.15) is 5.26 Å². The van der Waals surface area contributed by atoms with Crippen LogP contribution in [0.3, 0.4) is 0 Å². The van der Waals surface area contributed by atoms with Crippen molar-refractivity contribution in [1.29, 1.82) is 5.26 Å². The molecule has 0 saturated heterocycles. The fourth-order valence-electron chi connectivity index (χ4n) is 2.01. The molecule has 1 heterocycles. The van der Waals surface area contributed by atoms with Crippen molar-refractivity contribution in [2.24, 2.45) is 5.92 Å². The second-order valence-electron chi connectivity index (χ2n) is 4.90. The first-order chi connectivity index (χ1) is 10.3. The van der Waals surface area contributed by atoms with E-state index < -0.39 is 0 Å². The zero-order valence-corrected chi connectivity index (χ0v) is 12.9. The summed E-state index contributed by atoms with van der Waals surface area (Å²) in [7, 11) is 0. The molecule has 0 bridgehead atoms. The van der Waals surface area contributed by atoms with Crippen molar-refractivity contribution in [2.45, 2.75) is 19.8 Å². The molecule has 1 aromatic heterocycles. The molecule has 0 spiro atoms. The quantitative estimate of drug-likeness (QED) is 0.821. The molecule has 0 amide bonds. The van der Waals surface area contributed by atoms with Gasteiger partial charge in [-0.1, -0.05) is 25.5 Å². The summed E-state index contributed by atoms with van der Waals surface area (Å²) in [6, 6.07) is 9.54. The summed E-state index contributed by atoms with van der Waals surface area (Å²) in [5.41, 5.74) is 2.59. The van der Waals surface area contributed by atoms with Crippen LogP contribution < -0.4 is 5.32 Å². The molecule has 0 aliphatic carbocycles. The predicted molar refractivity (Wildman–Crippen MR) is 86.2 cm³/mol. The Morgan fingerprint density at radius 3 is 2.76 bits per heavy atom. The number of benzene rings is 1. The van der Waals surface area contributed by atoms with Crippen LogP contribution in [0.1, 0.15) is 25.3 Å². The van der Waals surface area contributed by atoms with Crippen molar-refractivity contribution in [3.63, 3.8) is 0 Å². The SMILES string of the molecule is CCC(CO)CCNc1nc(-c2ccc(C#N)cc2)cs1. The second kappa shape index (κ2) is 7.77. The van der Waals surface area contributed by atoms with Crippen LogP contribution in [0.5, 0.6) is 0 Å². The molecule has 0 fully saturated rings. The van der Waals surface area contributed by atoms with E-state index in [2.05, 4.69) is 23.3 Å². The first kappa shape index (κ1) is 15.5. The Kier molecular flexibility index (Phi) is 5.73. The van der Waals surface area contributed by atoms with E-state index in [1.54, 1.807) is 23.5 Å². The first-order valence-electron chi connectivity index (χ1n) is 7.07. The van der Waals surface area contributed by atoms with E-state index in [1.165, 1.54) is 0 Å². The third-order valence-corrected chi connectivity index (χ3v) is 4.28. The van der Waals surface area contributed by atoms with Crippen LogP contribution in [-0.4, -0.2) is 23.2 Å². The fourth-order valence-corrected chi connectivity index (χ4v) is 2.76. The van der Waals surface area contributed by atoms with Gasteiger partial charge in [0.2, 0.25) is 0 Å². The standard InChI is InChI=1S/C16H19N3OS/c1-2-12(10-20)7-8-18-16-19-15(11-21-16)14-5-3-13(9-17)4-6-14/h3-6,11-12,20H,2,7-8,10H2,1H3,(H,18,19). The highest BCUT2D eigenvalue weighted by atomic mass is 32.1. The Balaban J connectivity index is 1.93. The molecule has 0 radical (unpaired) electrons. The number of nitrogens with one attached hydrogen (secondary N) is 1. The number of aromatic nitrogens is 1. The topological polar surface area (TPSA) is 68.9 Å². The molecule has 0 saturated carbocycles. The molecule has 110 valence electrons. The molecule has 0 aliphatic rings. The molecule has 2 rings (SSSR count). The molecule has 1 aromatic carbocycles. The summed E-state index contributed by atoms with van der Waals surface area (Å²) in [6.07, 6.45) is 1.94. The van der Waals surface area contributed by atoms with Crippen molar-refractivity contribution in [3.8, 4) is 17.3 Å². The Hall–Kier alpha value is -1.90. The number of hydrogen-bond donors (Lipinski definition) is 2. The minimum absolute atomic E-state index is 0.243. The van der Waals surface area contributed by atoms with E-state index in [0.29, 0.717) is 11.5 Å². The zero-order valence-electron chi connectivity index (χ0n) is 12.0. The van der Waals surface area contributed by atoms with E-state index in [9.17, 15) is 0 Å². The van der Waals surface area contributed by atoms with Gasteiger partial charge in [0.15, 0.2) is 5.13 Å². The number of nitrogens with zero attached hydrogens (tertiary/aromatic N) is 2. The molecule has 5 heteroatoms. The van der Waals surface area contributed by atoms with Gasteiger partial charge in [0.25, 0.3) is 0 Å². The summed E-state index contributed by atoms with van der Waals surface area (Å²) in [6.45, 7) is 3.15. The minimum Gasteiger partial charge on any atom is -0.396 e. The Morgan fingerprint density at radius 1 is 1.38 bits per heavy atom. The smallest absolute Gasteiger partial charge is 0.183 e. The molecule has 0 aliphatic heterocycles. The number of rotatable bonds is 7. The van der Waals surface area contributed by atoms with Gasteiger partial charge < -0.3 is 10.4 Å². The predicted octanol–water partition coefficient (Wildman–Crippen LogP) is 3.50. The molecule has 2 N–H and O–H groups in total. The van der Waals surface area contributed by atoms with Crippen LogP contribution in [0.4, 0.5) is 5.13 Å².